The van der Waals surface area contributed by atoms with Gasteiger partial charge in [-0.15, -0.1) is 0 Å². The van der Waals surface area contributed by atoms with E-state index in [0.29, 0.717) is 5.15 Å². The number of nitrogens with zero attached hydrogens (tertiary/aromatic N) is 1. The molecule has 21 heavy (non-hydrogen) atoms. The van der Waals surface area contributed by atoms with Gasteiger partial charge in [-0.3, -0.25) is 0 Å². The van der Waals surface area contributed by atoms with Gasteiger partial charge in [-0.25, -0.2) is 4.98 Å². The number of rotatable bonds is 1. The Bertz CT molecular complexity index is 969. The summed E-state index contributed by atoms with van der Waals surface area (Å²) in [5, 5.41) is 2.80. The number of aromatic amines is 1. The van der Waals surface area contributed by atoms with Crippen molar-refractivity contribution in [3.63, 3.8) is 0 Å². The van der Waals surface area contributed by atoms with Crippen LogP contribution >= 0.6 is 11.6 Å². The largest absolute Gasteiger partial charge is 0.354 e. The van der Waals surface area contributed by atoms with Crippen LogP contribution in [0.15, 0.2) is 54.6 Å². The summed E-state index contributed by atoms with van der Waals surface area (Å²) in [7, 11) is 0. The molecule has 0 amide bonds. The molecule has 0 spiro atoms. The van der Waals surface area contributed by atoms with Crippen LogP contribution in [0.3, 0.4) is 0 Å². The number of para-hydroxylation sites is 1. The molecule has 2 aromatic carbocycles. The highest BCUT2D eigenvalue weighted by Crippen LogP contribution is 2.31. The Labute approximate surface area is 127 Å². The normalized spacial score (nSPS) is 11.3. The summed E-state index contributed by atoms with van der Waals surface area (Å²) in [5.74, 6) is 0. The first-order valence-corrected chi connectivity index (χ1v) is 7.23. The Kier molecular flexibility index (Phi) is 2.72. The second-order valence-corrected chi connectivity index (χ2v) is 5.65. The van der Waals surface area contributed by atoms with Crippen LogP contribution in [0.1, 0.15) is 5.56 Å². The average Bonchev–Trinajstić information content (AvgIpc) is 2.89. The van der Waals surface area contributed by atoms with Crippen LogP contribution in [0, 0.1) is 6.92 Å². The zero-order chi connectivity index (χ0) is 14.4. The lowest BCUT2D eigenvalue weighted by Crippen LogP contribution is -1.85. The molecule has 102 valence electrons. The molecule has 0 aliphatic heterocycles. The fourth-order valence-electron chi connectivity index (χ4n) is 2.68. The summed E-state index contributed by atoms with van der Waals surface area (Å²) in [4.78, 5) is 7.91. The molecule has 2 aromatic heterocycles. The predicted molar refractivity (Wildman–Crippen MR) is 88.8 cm³/mol. The summed E-state index contributed by atoms with van der Waals surface area (Å²) in [6.07, 6.45) is 0. The summed E-state index contributed by atoms with van der Waals surface area (Å²) in [5.41, 5.74) is 5.21. The lowest BCUT2D eigenvalue weighted by atomic mass is 10.1. The number of benzene rings is 2. The fourth-order valence-corrected chi connectivity index (χ4v) is 2.93. The maximum atomic E-state index is 6.37. The number of aromatic nitrogens is 2. The second kappa shape index (κ2) is 4.61. The van der Waals surface area contributed by atoms with E-state index in [2.05, 4.69) is 53.3 Å². The maximum absolute atomic E-state index is 6.37. The van der Waals surface area contributed by atoms with E-state index < -0.39 is 0 Å². The number of halogens is 1. The second-order valence-electron chi connectivity index (χ2n) is 5.29. The number of aryl methyl sites for hydroxylation is 1. The molecule has 4 aromatic rings. The first-order valence-electron chi connectivity index (χ1n) is 6.86. The van der Waals surface area contributed by atoms with E-state index in [1.807, 2.05) is 18.2 Å². The van der Waals surface area contributed by atoms with Crippen molar-refractivity contribution in [3.8, 4) is 11.3 Å². The molecule has 0 saturated heterocycles. The van der Waals surface area contributed by atoms with Crippen LogP contribution in [-0.4, -0.2) is 9.97 Å². The third-order valence-electron chi connectivity index (χ3n) is 3.74. The highest BCUT2D eigenvalue weighted by molar-refractivity contribution is 6.32. The Morgan fingerprint density at radius 2 is 1.81 bits per heavy atom. The van der Waals surface area contributed by atoms with Gasteiger partial charge in [0.25, 0.3) is 0 Å². The van der Waals surface area contributed by atoms with Crippen LogP contribution in [0.25, 0.3) is 33.1 Å². The summed E-state index contributed by atoms with van der Waals surface area (Å²) in [6, 6.07) is 18.6. The lowest BCUT2D eigenvalue weighted by molar-refractivity contribution is 1.37. The van der Waals surface area contributed by atoms with Gasteiger partial charge in [-0.2, -0.15) is 0 Å². The number of hydrogen-bond acceptors (Lipinski definition) is 1. The Morgan fingerprint density at radius 1 is 0.952 bits per heavy atom. The van der Waals surface area contributed by atoms with E-state index in [1.54, 1.807) is 0 Å². The molecular formula is C18H13ClN2. The van der Waals surface area contributed by atoms with Crippen molar-refractivity contribution >= 4 is 33.4 Å². The third kappa shape index (κ3) is 2.08. The summed E-state index contributed by atoms with van der Waals surface area (Å²) < 4.78 is 0. The molecule has 0 aliphatic carbocycles. The zero-order valence-electron chi connectivity index (χ0n) is 11.5. The van der Waals surface area contributed by atoms with Gasteiger partial charge in [0.15, 0.2) is 0 Å². The van der Waals surface area contributed by atoms with Gasteiger partial charge in [0.1, 0.15) is 5.15 Å². The first-order chi connectivity index (χ1) is 10.2. The van der Waals surface area contributed by atoms with Crippen LogP contribution in [0.5, 0.6) is 0 Å². The molecule has 0 bridgehead atoms. The van der Waals surface area contributed by atoms with Crippen LogP contribution < -0.4 is 0 Å². The van der Waals surface area contributed by atoms with Crippen LogP contribution in [0.4, 0.5) is 0 Å². The van der Waals surface area contributed by atoms with Crippen LogP contribution in [-0.2, 0) is 0 Å². The molecule has 0 unspecified atom stereocenters. The standard InChI is InChI=1S/C18H13ClN2/c1-11-6-7-16-13(8-11)10-17(20-16)14-9-12-4-2-3-5-15(12)21-18(14)19/h2-10,20H,1H3. The van der Waals surface area contributed by atoms with Crippen molar-refractivity contribution < 1.29 is 0 Å². The van der Waals surface area contributed by atoms with Crippen molar-refractivity contribution in [3.05, 3.63) is 65.3 Å². The van der Waals surface area contributed by atoms with E-state index >= 15 is 0 Å². The fraction of sp³-hybridized carbons (Fsp3) is 0.0556. The first kappa shape index (κ1) is 12.4. The topological polar surface area (TPSA) is 28.7 Å². The van der Waals surface area contributed by atoms with Crippen molar-refractivity contribution in [1.29, 1.82) is 0 Å². The molecule has 0 radical (unpaired) electrons. The van der Waals surface area contributed by atoms with Gasteiger partial charge in [0.2, 0.25) is 0 Å². The van der Waals surface area contributed by atoms with Gasteiger partial charge in [-0.05, 0) is 37.3 Å². The van der Waals surface area contributed by atoms with Gasteiger partial charge in [0.05, 0.1) is 5.52 Å². The molecule has 4 rings (SSSR count). The molecule has 0 saturated carbocycles. The van der Waals surface area contributed by atoms with Crippen molar-refractivity contribution in [2.75, 3.05) is 0 Å². The van der Waals surface area contributed by atoms with Gasteiger partial charge in [-0.1, -0.05) is 41.4 Å². The molecule has 0 aliphatic rings. The van der Waals surface area contributed by atoms with Gasteiger partial charge >= 0.3 is 0 Å². The van der Waals surface area contributed by atoms with Gasteiger partial charge in [0, 0.05) is 27.5 Å². The quantitative estimate of drug-likeness (QED) is 0.471. The summed E-state index contributed by atoms with van der Waals surface area (Å²) in [6.45, 7) is 2.09. The number of H-pyrrole nitrogens is 1. The molecule has 0 atom stereocenters. The Balaban J connectivity index is 1.96. The minimum atomic E-state index is 0.525. The van der Waals surface area contributed by atoms with Crippen LogP contribution in [0.2, 0.25) is 5.15 Å². The Morgan fingerprint density at radius 3 is 2.71 bits per heavy atom. The minimum absolute atomic E-state index is 0.525. The minimum Gasteiger partial charge on any atom is -0.354 e. The van der Waals surface area contributed by atoms with Crippen molar-refractivity contribution in [1.82, 2.24) is 9.97 Å². The average molecular weight is 293 g/mol. The highest BCUT2D eigenvalue weighted by atomic mass is 35.5. The molecule has 0 fully saturated rings. The smallest absolute Gasteiger partial charge is 0.139 e. The molecule has 3 heteroatoms. The number of nitrogens with one attached hydrogen (secondary N) is 1. The van der Waals surface area contributed by atoms with E-state index in [-0.39, 0.29) is 0 Å². The van der Waals surface area contributed by atoms with E-state index in [4.69, 9.17) is 11.6 Å². The predicted octanol–water partition coefficient (Wildman–Crippen LogP) is 5.34. The zero-order valence-corrected chi connectivity index (χ0v) is 12.3. The van der Waals surface area contributed by atoms with E-state index in [9.17, 15) is 0 Å². The van der Waals surface area contributed by atoms with Gasteiger partial charge < -0.3 is 4.98 Å². The van der Waals surface area contributed by atoms with Crippen molar-refractivity contribution in [2.24, 2.45) is 0 Å². The van der Waals surface area contributed by atoms with Crippen molar-refractivity contribution in [2.45, 2.75) is 6.92 Å². The molecular weight excluding hydrogens is 280 g/mol. The Hall–Kier alpha value is -2.32. The number of pyridine rings is 1. The maximum Gasteiger partial charge on any atom is 0.139 e. The number of hydrogen-bond donors (Lipinski definition) is 1. The summed E-state index contributed by atoms with van der Waals surface area (Å²) >= 11 is 6.37. The van der Waals surface area contributed by atoms with E-state index in [1.165, 1.54) is 10.9 Å². The monoisotopic (exact) mass is 292 g/mol. The molecule has 2 heterocycles. The highest BCUT2D eigenvalue weighted by Gasteiger charge is 2.10. The number of fused-ring (bicyclic) bond motifs is 2. The molecule has 2 nitrogen and oxygen atoms in total. The van der Waals surface area contributed by atoms with E-state index in [0.717, 1.165) is 27.7 Å². The third-order valence-corrected chi connectivity index (χ3v) is 4.03. The SMILES string of the molecule is Cc1ccc2[nH]c(-c3cc4ccccc4nc3Cl)cc2c1. The molecule has 1 N–H and O–H groups in total. The lowest BCUT2D eigenvalue weighted by Gasteiger charge is -2.04.